The van der Waals surface area contributed by atoms with Gasteiger partial charge in [0.25, 0.3) is 0 Å². The lowest BCUT2D eigenvalue weighted by atomic mass is 9.94. The molecule has 4 rings (SSSR count). The molecule has 3 aromatic rings. The van der Waals surface area contributed by atoms with Gasteiger partial charge >= 0.3 is 0 Å². The van der Waals surface area contributed by atoms with Crippen LogP contribution < -0.4 is 9.62 Å². The van der Waals surface area contributed by atoms with Gasteiger partial charge in [-0.3, -0.25) is 13.9 Å². The molecule has 0 aromatic heterocycles. The molecule has 1 fully saturated rings. The zero-order chi connectivity index (χ0) is 29.4. The van der Waals surface area contributed by atoms with Gasteiger partial charge < -0.3 is 10.2 Å². The average molecular weight is 580 g/mol. The minimum atomic E-state index is -4.03. The van der Waals surface area contributed by atoms with E-state index >= 15 is 0 Å². The number of para-hydroxylation sites is 1. The zero-order valence-electron chi connectivity index (χ0n) is 23.6. The van der Waals surface area contributed by atoms with Gasteiger partial charge in [-0.05, 0) is 43.0 Å². The highest BCUT2D eigenvalue weighted by Gasteiger charge is 2.34. The van der Waals surface area contributed by atoms with Crippen molar-refractivity contribution in [1.29, 1.82) is 0 Å². The number of benzene rings is 3. The summed E-state index contributed by atoms with van der Waals surface area (Å²) < 4.78 is 41.1. The Kier molecular flexibility index (Phi) is 10.2. The number of aryl methyl sites for hydroxylation is 1. The third-order valence-electron chi connectivity index (χ3n) is 7.46. The lowest BCUT2D eigenvalue weighted by molar-refractivity contribution is -0.140. The maximum atomic E-state index is 14.8. The van der Waals surface area contributed by atoms with E-state index in [1.54, 1.807) is 0 Å². The largest absolute Gasteiger partial charge is 0.352 e. The lowest BCUT2D eigenvalue weighted by Crippen LogP contribution is -2.55. The monoisotopic (exact) mass is 579 g/mol. The molecule has 41 heavy (non-hydrogen) atoms. The highest BCUT2D eigenvalue weighted by molar-refractivity contribution is 7.92. The topological polar surface area (TPSA) is 86.8 Å². The molecule has 3 aromatic carbocycles. The molecule has 0 spiro atoms. The first-order valence-corrected chi connectivity index (χ1v) is 15.9. The molecule has 0 radical (unpaired) electrons. The highest BCUT2D eigenvalue weighted by atomic mass is 32.2. The number of hydrogen-bond donors (Lipinski definition) is 1. The summed E-state index contributed by atoms with van der Waals surface area (Å²) in [5, 5.41) is 3.17. The second-order valence-electron chi connectivity index (χ2n) is 10.8. The van der Waals surface area contributed by atoms with Gasteiger partial charge in [0.15, 0.2) is 0 Å². The van der Waals surface area contributed by atoms with Crippen molar-refractivity contribution < 1.29 is 22.4 Å². The van der Waals surface area contributed by atoms with Crippen LogP contribution in [-0.2, 0) is 32.6 Å². The van der Waals surface area contributed by atoms with Crippen LogP contribution in [0.15, 0.2) is 78.9 Å². The fraction of sp³-hybridized carbons (Fsp3) is 0.375. The van der Waals surface area contributed by atoms with E-state index in [-0.39, 0.29) is 30.6 Å². The number of hydrogen-bond acceptors (Lipinski definition) is 4. The first-order chi connectivity index (χ1) is 19.6. The molecular weight excluding hydrogens is 541 g/mol. The fourth-order valence-corrected chi connectivity index (χ4v) is 6.20. The van der Waals surface area contributed by atoms with Gasteiger partial charge in [0.1, 0.15) is 18.4 Å². The van der Waals surface area contributed by atoms with Crippen molar-refractivity contribution in [1.82, 2.24) is 10.2 Å². The minimum Gasteiger partial charge on any atom is -0.352 e. The van der Waals surface area contributed by atoms with E-state index in [4.69, 9.17) is 0 Å². The molecule has 0 bridgehead atoms. The van der Waals surface area contributed by atoms with Crippen LogP contribution in [0, 0.1) is 12.7 Å². The summed E-state index contributed by atoms with van der Waals surface area (Å²) in [7, 11) is -4.03. The summed E-state index contributed by atoms with van der Waals surface area (Å²) in [6.07, 6.45) is 6.15. The molecule has 0 saturated heterocycles. The maximum absolute atomic E-state index is 14.8. The van der Waals surface area contributed by atoms with Crippen molar-refractivity contribution >= 4 is 27.5 Å². The van der Waals surface area contributed by atoms with Gasteiger partial charge in [0, 0.05) is 19.0 Å². The second-order valence-corrected chi connectivity index (χ2v) is 12.7. The summed E-state index contributed by atoms with van der Waals surface area (Å²) in [4.78, 5) is 29.5. The van der Waals surface area contributed by atoms with E-state index in [1.807, 2.05) is 61.5 Å². The Labute approximate surface area is 242 Å². The van der Waals surface area contributed by atoms with Crippen molar-refractivity contribution in [3.05, 3.63) is 101 Å². The fourth-order valence-electron chi connectivity index (χ4n) is 5.35. The Morgan fingerprint density at radius 2 is 1.59 bits per heavy atom. The molecule has 218 valence electrons. The molecular formula is C32H38FN3O4S. The van der Waals surface area contributed by atoms with Gasteiger partial charge in [0.05, 0.1) is 11.9 Å². The van der Waals surface area contributed by atoms with E-state index < -0.39 is 34.3 Å². The summed E-state index contributed by atoms with van der Waals surface area (Å²) in [5.41, 5.74) is 2.45. The van der Waals surface area contributed by atoms with E-state index in [0.29, 0.717) is 0 Å². The number of sulfonamides is 1. The van der Waals surface area contributed by atoms with Crippen LogP contribution >= 0.6 is 0 Å². The average Bonchev–Trinajstić information content (AvgIpc) is 2.94. The zero-order valence-corrected chi connectivity index (χ0v) is 24.4. The molecule has 2 amide bonds. The van der Waals surface area contributed by atoms with Crippen LogP contribution in [0.25, 0.3) is 0 Å². The SMILES string of the molecule is Cc1cccc(CN(C(=O)CN(c2ccccc2F)S(C)(=O)=O)C(Cc2ccccc2)C(=O)NC2CCCCC2)c1. The Balaban J connectivity index is 1.73. The molecule has 1 aliphatic carbocycles. The lowest BCUT2D eigenvalue weighted by Gasteiger charge is -2.35. The Morgan fingerprint density at radius 1 is 0.927 bits per heavy atom. The summed E-state index contributed by atoms with van der Waals surface area (Å²) >= 11 is 0. The third kappa shape index (κ3) is 8.39. The first kappa shape index (κ1) is 30.2. The van der Waals surface area contributed by atoms with Crippen molar-refractivity contribution in [3.63, 3.8) is 0 Å². The van der Waals surface area contributed by atoms with Crippen LogP contribution in [0.2, 0.25) is 0 Å². The number of halogens is 1. The van der Waals surface area contributed by atoms with Gasteiger partial charge in [0.2, 0.25) is 21.8 Å². The van der Waals surface area contributed by atoms with Gasteiger partial charge in [-0.25, -0.2) is 12.8 Å². The van der Waals surface area contributed by atoms with E-state index in [1.165, 1.54) is 23.1 Å². The number of nitrogens with one attached hydrogen (secondary N) is 1. The van der Waals surface area contributed by atoms with Crippen LogP contribution in [0.1, 0.15) is 48.8 Å². The van der Waals surface area contributed by atoms with Crippen LogP contribution in [0.5, 0.6) is 0 Å². The van der Waals surface area contributed by atoms with Crippen LogP contribution in [0.4, 0.5) is 10.1 Å². The van der Waals surface area contributed by atoms with Crippen molar-refractivity contribution in [2.75, 3.05) is 17.1 Å². The molecule has 1 N–H and O–H groups in total. The number of anilines is 1. The van der Waals surface area contributed by atoms with E-state index in [0.717, 1.165) is 65.4 Å². The van der Waals surface area contributed by atoms with Crippen LogP contribution in [-0.4, -0.2) is 50.0 Å². The molecule has 1 saturated carbocycles. The summed E-state index contributed by atoms with van der Waals surface area (Å²) in [6.45, 7) is 1.38. The third-order valence-corrected chi connectivity index (χ3v) is 8.58. The first-order valence-electron chi connectivity index (χ1n) is 14.0. The minimum absolute atomic E-state index is 0.0244. The Morgan fingerprint density at radius 3 is 2.24 bits per heavy atom. The van der Waals surface area contributed by atoms with Gasteiger partial charge in [-0.2, -0.15) is 0 Å². The Hall–Kier alpha value is -3.72. The molecule has 7 nitrogen and oxygen atoms in total. The van der Waals surface area contributed by atoms with E-state index in [2.05, 4.69) is 5.32 Å². The maximum Gasteiger partial charge on any atom is 0.244 e. The standard InChI is InChI=1S/C32H38FN3O4S/c1-24-12-11-15-26(20-24)22-35(31(37)23-36(41(2,39)40)29-19-10-9-18-28(29)33)30(21-25-13-5-3-6-14-25)32(38)34-27-16-7-4-8-17-27/h3,5-6,9-15,18-20,27,30H,4,7-8,16-17,21-23H2,1-2H3,(H,34,38). The molecule has 1 unspecified atom stereocenters. The van der Waals surface area contributed by atoms with Crippen molar-refractivity contribution in [2.24, 2.45) is 0 Å². The van der Waals surface area contributed by atoms with E-state index in [9.17, 15) is 22.4 Å². The summed E-state index contributed by atoms with van der Waals surface area (Å²) in [5.74, 6) is -1.63. The Bertz CT molecular complexity index is 1440. The van der Waals surface area contributed by atoms with Gasteiger partial charge in [-0.15, -0.1) is 0 Å². The van der Waals surface area contributed by atoms with Gasteiger partial charge in [-0.1, -0.05) is 91.6 Å². The molecule has 9 heteroatoms. The molecule has 1 aliphatic rings. The quantitative estimate of drug-likeness (QED) is 0.347. The predicted molar refractivity (Wildman–Crippen MR) is 159 cm³/mol. The second kappa shape index (κ2) is 13.8. The summed E-state index contributed by atoms with van der Waals surface area (Å²) in [6, 6.07) is 21.6. The number of carbonyl (C=O) groups is 2. The molecule has 0 aliphatic heterocycles. The predicted octanol–water partition coefficient (Wildman–Crippen LogP) is 4.99. The molecule has 0 heterocycles. The highest BCUT2D eigenvalue weighted by Crippen LogP contribution is 2.24. The normalized spacial score (nSPS) is 14.7. The number of rotatable bonds is 11. The van der Waals surface area contributed by atoms with Crippen molar-refractivity contribution in [3.8, 4) is 0 Å². The number of carbonyl (C=O) groups excluding carboxylic acids is 2. The molecule has 1 atom stereocenters. The van der Waals surface area contributed by atoms with Crippen LogP contribution in [0.3, 0.4) is 0 Å². The number of nitrogens with zero attached hydrogens (tertiary/aromatic N) is 2. The number of amides is 2. The van der Waals surface area contributed by atoms with Crippen molar-refractivity contribution in [2.45, 2.75) is 64.1 Å². The smallest absolute Gasteiger partial charge is 0.244 e.